The van der Waals surface area contributed by atoms with Gasteiger partial charge in [-0.05, 0) is 62.4 Å². The lowest BCUT2D eigenvalue weighted by Crippen LogP contribution is -2.45. The fourth-order valence-corrected chi connectivity index (χ4v) is 5.05. The number of nitrogens with zero attached hydrogens (tertiary/aromatic N) is 1. The zero-order valence-corrected chi connectivity index (χ0v) is 13.5. The molecule has 2 fully saturated rings. The smallest absolute Gasteiger partial charge is 0.243 e. The van der Waals surface area contributed by atoms with E-state index in [4.69, 9.17) is 11.6 Å². The van der Waals surface area contributed by atoms with Crippen LogP contribution < -0.4 is 5.32 Å². The van der Waals surface area contributed by atoms with Gasteiger partial charge in [-0.1, -0.05) is 11.6 Å². The van der Waals surface area contributed by atoms with Crippen molar-refractivity contribution in [2.24, 2.45) is 5.92 Å². The standard InChI is InChI=1S/C15H21ClN2O2S/c16-13-5-7-14(8-6-13)21(19,20)18-10-2-3-12(11-18)15-4-1-9-17-15/h5-8,12,15,17H,1-4,9-11H2. The quantitative estimate of drug-likeness (QED) is 0.927. The third-order valence-electron chi connectivity index (χ3n) is 4.54. The first-order valence-corrected chi connectivity index (χ1v) is 9.38. The van der Waals surface area contributed by atoms with Crippen molar-refractivity contribution in [1.29, 1.82) is 0 Å². The Bertz CT molecular complexity index is 582. The van der Waals surface area contributed by atoms with E-state index in [0.29, 0.717) is 35.0 Å². The van der Waals surface area contributed by atoms with Crippen molar-refractivity contribution in [3.8, 4) is 0 Å². The second-order valence-electron chi connectivity index (χ2n) is 5.92. The van der Waals surface area contributed by atoms with Gasteiger partial charge in [0.15, 0.2) is 0 Å². The van der Waals surface area contributed by atoms with E-state index >= 15 is 0 Å². The molecule has 2 saturated heterocycles. The largest absolute Gasteiger partial charge is 0.314 e. The van der Waals surface area contributed by atoms with Crippen LogP contribution in [0.3, 0.4) is 0 Å². The van der Waals surface area contributed by atoms with Crippen LogP contribution in [0.15, 0.2) is 29.2 Å². The fourth-order valence-electron chi connectivity index (χ4n) is 3.39. The van der Waals surface area contributed by atoms with Gasteiger partial charge in [-0.2, -0.15) is 4.31 Å². The SMILES string of the molecule is O=S(=O)(c1ccc(Cl)cc1)N1CCCC(C2CCCN2)C1. The molecule has 1 aromatic rings. The van der Waals surface area contributed by atoms with Gasteiger partial charge in [0.1, 0.15) is 0 Å². The predicted molar refractivity (Wildman–Crippen MR) is 84.0 cm³/mol. The summed E-state index contributed by atoms with van der Waals surface area (Å²) in [6, 6.07) is 6.93. The van der Waals surface area contributed by atoms with E-state index in [1.165, 1.54) is 12.8 Å². The lowest BCUT2D eigenvalue weighted by atomic mass is 9.91. The first-order chi connectivity index (χ1) is 10.1. The van der Waals surface area contributed by atoms with Crippen molar-refractivity contribution < 1.29 is 8.42 Å². The molecule has 0 saturated carbocycles. The minimum atomic E-state index is -3.39. The van der Waals surface area contributed by atoms with Crippen LogP contribution in [0.4, 0.5) is 0 Å². The highest BCUT2D eigenvalue weighted by Gasteiger charge is 2.34. The predicted octanol–water partition coefficient (Wildman–Crippen LogP) is 2.49. The monoisotopic (exact) mass is 328 g/mol. The van der Waals surface area contributed by atoms with Crippen molar-refractivity contribution in [1.82, 2.24) is 9.62 Å². The summed E-state index contributed by atoms with van der Waals surface area (Å²) >= 11 is 5.84. The van der Waals surface area contributed by atoms with Crippen molar-refractivity contribution in [3.63, 3.8) is 0 Å². The summed E-state index contributed by atoms with van der Waals surface area (Å²) in [6.45, 7) is 2.31. The molecule has 4 nitrogen and oxygen atoms in total. The Morgan fingerprint density at radius 2 is 1.90 bits per heavy atom. The number of hydrogen-bond acceptors (Lipinski definition) is 3. The average Bonchev–Trinajstić information content (AvgIpc) is 3.02. The number of benzene rings is 1. The summed E-state index contributed by atoms with van der Waals surface area (Å²) in [4.78, 5) is 0.340. The molecule has 0 amide bonds. The minimum Gasteiger partial charge on any atom is -0.314 e. The fraction of sp³-hybridized carbons (Fsp3) is 0.600. The first-order valence-electron chi connectivity index (χ1n) is 7.56. The summed E-state index contributed by atoms with van der Waals surface area (Å²) in [5, 5.41) is 4.06. The molecule has 1 N–H and O–H groups in total. The summed E-state index contributed by atoms with van der Waals surface area (Å²) in [6.07, 6.45) is 4.42. The Morgan fingerprint density at radius 3 is 2.57 bits per heavy atom. The second-order valence-corrected chi connectivity index (χ2v) is 8.30. The highest BCUT2D eigenvalue weighted by atomic mass is 35.5. The van der Waals surface area contributed by atoms with E-state index in [1.54, 1.807) is 28.6 Å². The van der Waals surface area contributed by atoms with Gasteiger partial charge in [0.2, 0.25) is 10.0 Å². The lowest BCUT2D eigenvalue weighted by Gasteiger charge is -2.35. The Morgan fingerprint density at radius 1 is 1.14 bits per heavy atom. The van der Waals surface area contributed by atoms with E-state index < -0.39 is 10.0 Å². The number of hydrogen-bond donors (Lipinski definition) is 1. The molecule has 21 heavy (non-hydrogen) atoms. The zero-order valence-electron chi connectivity index (χ0n) is 12.0. The van der Waals surface area contributed by atoms with Crippen molar-refractivity contribution in [2.75, 3.05) is 19.6 Å². The van der Waals surface area contributed by atoms with Gasteiger partial charge < -0.3 is 5.32 Å². The summed E-state index contributed by atoms with van der Waals surface area (Å²) in [5.74, 6) is 0.434. The van der Waals surface area contributed by atoms with Crippen LogP contribution >= 0.6 is 11.6 Å². The van der Waals surface area contributed by atoms with Crippen molar-refractivity contribution >= 4 is 21.6 Å². The molecule has 2 aliphatic rings. The van der Waals surface area contributed by atoms with Gasteiger partial charge >= 0.3 is 0 Å². The molecule has 0 spiro atoms. The molecule has 2 aliphatic heterocycles. The van der Waals surface area contributed by atoms with Crippen LogP contribution in [0.1, 0.15) is 25.7 Å². The van der Waals surface area contributed by atoms with Crippen LogP contribution in [0.5, 0.6) is 0 Å². The number of halogens is 1. The maximum absolute atomic E-state index is 12.7. The Hall–Kier alpha value is -0.620. The lowest BCUT2D eigenvalue weighted by molar-refractivity contribution is 0.226. The summed E-state index contributed by atoms with van der Waals surface area (Å²) < 4.78 is 27.1. The molecule has 3 rings (SSSR count). The molecule has 0 radical (unpaired) electrons. The molecule has 1 aromatic carbocycles. The molecule has 0 aromatic heterocycles. The topological polar surface area (TPSA) is 49.4 Å². The van der Waals surface area contributed by atoms with Crippen LogP contribution in [-0.2, 0) is 10.0 Å². The van der Waals surface area contributed by atoms with Gasteiger partial charge in [0, 0.05) is 24.2 Å². The Balaban J connectivity index is 1.76. The summed E-state index contributed by atoms with van der Waals surface area (Å²) in [5.41, 5.74) is 0. The first kappa shape index (κ1) is 15.3. The van der Waals surface area contributed by atoms with Gasteiger partial charge in [0.25, 0.3) is 0 Å². The normalized spacial score (nSPS) is 27.9. The van der Waals surface area contributed by atoms with E-state index in [0.717, 1.165) is 19.4 Å². The summed E-state index contributed by atoms with van der Waals surface area (Å²) in [7, 11) is -3.39. The number of nitrogens with one attached hydrogen (secondary N) is 1. The Kier molecular flexibility index (Phi) is 4.54. The maximum atomic E-state index is 12.7. The van der Waals surface area contributed by atoms with E-state index in [1.807, 2.05) is 0 Å². The second kappa shape index (κ2) is 6.24. The number of sulfonamides is 1. The zero-order chi connectivity index (χ0) is 14.9. The minimum absolute atomic E-state index is 0.340. The van der Waals surface area contributed by atoms with Crippen LogP contribution in [0.25, 0.3) is 0 Å². The molecule has 2 heterocycles. The molecular weight excluding hydrogens is 308 g/mol. The van der Waals surface area contributed by atoms with Crippen molar-refractivity contribution in [3.05, 3.63) is 29.3 Å². The Labute approximate surface area is 131 Å². The third-order valence-corrected chi connectivity index (χ3v) is 6.67. The molecule has 0 bridgehead atoms. The molecule has 6 heteroatoms. The van der Waals surface area contributed by atoms with Crippen molar-refractivity contribution in [2.45, 2.75) is 36.6 Å². The van der Waals surface area contributed by atoms with E-state index in [2.05, 4.69) is 5.32 Å². The molecule has 0 aliphatic carbocycles. The van der Waals surface area contributed by atoms with Crippen LogP contribution in [0.2, 0.25) is 5.02 Å². The maximum Gasteiger partial charge on any atom is 0.243 e. The number of piperidine rings is 1. The molecule has 116 valence electrons. The van der Waals surface area contributed by atoms with E-state index in [-0.39, 0.29) is 0 Å². The van der Waals surface area contributed by atoms with Gasteiger partial charge in [-0.3, -0.25) is 0 Å². The van der Waals surface area contributed by atoms with Gasteiger partial charge in [-0.25, -0.2) is 8.42 Å². The van der Waals surface area contributed by atoms with Crippen LogP contribution in [-0.4, -0.2) is 38.4 Å². The average molecular weight is 329 g/mol. The number of rotatable bonds is 3. The van der Waals surface area contributed by atoms with Crippen LogP contribution in [0, 0.1) is 5.92 Å². The third kappa shape index (κ3) is 3.26. The van der Waals surface area contributed by atoms with Gasteiger partial charge in [-0.15, -0.1) is 0 Å². The van der Waals surface area contributed by atoms with E-state index in [9.17, 15) is 8.42 Å². The molecular formula is C15H21ClN2O2S. The molecule has 2 unspecified atom stereocenters. The highest BCUT2D eigenvalue weighted by molar-refractivity contribution is 7.89. The highest BCUT2D eigenvalue weighted by Crippen LogP contribution is 2.28. The molecule has 2 atom stereocenters. The van der Waals surface area contributed by atoms with Gasteiger partial charge in [0.05, 0.1) is 4.90 Å².